The van der Waals surface area contributed by atoms with Crippen LogP contribution in [0.3, 0.4) is 0 Å². The van der Waals surface area contributed by atoms with Gasteiger partial charge in [0.05, 0.1) is 0 Å². The van der Waals surface area contributed by atoms with Gasteiger partial charge in [-0.3, -0.25) is 9.59 Å². The van der Waals surface area contributed by atoms with Crippen LogP contribution in [0, 0.1) is 11.8 Å². The second-order valence-electron chi connectivity index (χ2n) is 5.30. The Kier molecular flexibility index (Phi) is 2.72. The van der Waals surface area contributed by atoms with Crippen molar-refractivity contribution in [2.24, 2.45) is 11.8 Å². The van der Waals surface area contributed by atoms with Crippen molar-refractivity contribution in [3.8, 4) is 0 Å². The lowest BCUT2D eigenvalue weighted by Crippen LogP contribution is -2.56. The third kappa shape index (κ3) is 1.85. The topological polar surface area (TPSA) is 66.9 Å². The Labute approximate surface area is 105 Å². The summed E-state index contributed by atoms with van der Waals surface area (Å²) >= 11 is 0. The van der Waals surface area contributed by atoms with Gasteiger partial charge in [-0.1, -0.05) is 6.42 Å². The standard InChI is InChI=1S/C12H16N2O4/c15-10-7-18-12(17)14(10)6-8-4-13(5-8)11(16)9-2-1-3-9/h8-9H,1-7H2. The van der Waals surface area contributed by atoms with E-state index in [-0.39, 0.29) is 30.3 Å². The number of likely N-dealkylation sites (tertiary alicyclic amines) is 1. The Morgan fingerprint density at radius 1 is 1.28 bits per heavy atom. The second kappa shape index (κ2) is 4.26. The first-order valence-corrected chi connectivity index (χ1v) is 6.41. The molecule has 3 aliphatic rings. The maximum Gasteiger partial charge on any atom is 0.417 e. The summed E-state index contributed by atoms with van der Waals surface area (Å²) < 4.78 is 4.64. The average molecular weight is 252 g/mol. The van der Waals surface area contributed by atoms with Gasteiger partial charge >= 0.3 is 6.09 Å². The maximum absolute atomic E-state index is 11.9. The van der Waals surface area contributed by atoms with E-state index >= 15 is 0 Å². The van der Waals surface area contributed by atoms with Gasteiger partial charge < -0.3 is 9.64 Å². The van der Waals surface area contributed by atoms with Crippen molar-refractivity contribution in [1.82, 2.24) is 9.80 Å². The zero-order chi connectivity index (χ0) is 12.7. The summed E-state index contributed by atoms with van der Waals surface area (Å²) in [5, 5.41) is 0. The van der Waals surface area contributed by atoms with E-state index in [1.54, 1.807) is 0 Å². The third-order valence-corrected chi connectivity index (χ3v) is 4.00. The maximum atomic E-state index is 11.9. The molecular weight excluding hydrogens is 236 g/mol. The van der Waals surface area contributed by atoms with Gasteiger partial charge in [-0.2, -0.15) is 0 Å². The molecule has 3 amide bonds. The number of hydrogen-bond acceptors (Lipinski definition) is 4. The molecule has 1 saturated carbocycles. The van der Waals surface area contributed by atoms with Crippen LogP contribution < -0.4 is 0 Å². The number of carbonyl (C=O) groups is 3. The Balaban J connectivity index is 1.46. The molecule has 3 rings (SSSR count). The van der Waals surface area contributed by atoms with Crippen molar-refractivity contribution in [2.75, 3.05) is 26.2 Å². The lowest BCUT2D eigenvalue weighted by molar-refractivity contribution is -0.145. The zero-order valence-electron chi connectivity index (χ0n) is 10.1. The molecule has 18 heavy (non-hydrogen) atoms. The van der Waals surface area contributed by atoms with Gasteiger partial charge in [-0.25, -0.2) is 9.69 Å². The summed E-state index contributed by atoms with van der Waals surface area (Å²) in [6.45, 7) is 1.56. The normalized spacial score (nSPS) is 24.9. The lowest BCUT2D eigenvalue weighted by atomic mass is 9.83. The fourth-order valence-electron chi connectivity index (χ4n) is 2.59. The molecule has 0 aromatic heterocycles. The van der Waals surface area contributed by atoms with E-state index in [2.05, 4.69) is 4.74 Å². The van der Waals surface area contributed by atoms with Gasteiger partial charge in [0.2, 0.25) is 5.91 Å². The Bertz CT molecular complexity index is 383. The van der Waals surface area contributed by atoms with Crippen LogP contribution >= 0.6 is 0 Å². The predicted molar refractivity (Wildman–Crippen MR) is 60.5 cm³/mol. The lowest BCUT2D eigenvalue weighted by Gasteiger charge is -2.43. The Morgan fingerprint density at radius 2 is 2.00 bits per heavy atom. The summed E-state index contributed by atoms with van der Waals surface area (Å²) in [6.07, 6.45) is 2.62. The molecule has 0 aromatic carbocycles. The van der Waals surface area contributed by atoms with Crippen molar-refractivity contribution in [2.45, 2.75) is 19.3 Å². The van der Waals surface area contributed by atoms with Crippen LogP contribution in [0.5, 0.6) is 0 Å². The highest BCUT2D eigenvalue weighted by molar-refractivity contribution is 5.97. The highest BCUT2D eigenvalue weighted by atomic mass is 16.6. The molecule has 6 nitrogen and oxygen atoms in total. The van der Waals surface area contributed by atoms with Crippen LogP contribution in [-0.4, -0.2) is 53.9 Å². The van der Waals surface area contributed by atoms with Crippen LogP contribution in [0.15, 0.2) is 0 Å². The average Bonchev–Trinajstić information content (AvgIpc) is 2.50. The molecule has 0 bridgehead atoms. The monoisotopic (exact) mass is 252 g/mol. The van der Waals surface area contributed by atoms with Gasteiger partial charge in [0.25, 0.3) is 5.91 Å². The van der Waals surface area contributed by atoms with Crippen molar-refractivity contribution in [3.63, 3.8) is 0 Å². The van der Waals surface area contributed by atoms with E-state index in [1.807, 2.05) is 4.90 Å². The number of imide groups is 1. The van der Waals surface area contributed by atoms with E-state index in [1.165, 1.54) is 0 Å². The number of nitrogens with zero attached hydrogens (tertiary/aromatic N) is 2. The summed E-state index contributed by atoms with van der Waals surface area (Å²) in [5.41, 5.74) is 0. The molecule has 2 aliphatic heterocycles. The fraction of sp³-hybridized carbons (Fsp3) is 0.750. The van der Waals surface area contributed by atoms with Gasteiger partial charge in [0.1, 0.15) is 0 Å². The number of cyclic esters (lactones) is 1. The molecule has 0 spiro atoms. The van der Waals surface area contributed by atoms with Crippen molar-refractivity contribution in [3.05, 3.63) is 0 Å². The highest BCUT2D eigenvalue weighted by Crippen LogP contribution is 2.31. The largest absolute Gasteiger partial charge is 0.439 e. The van der Waals surface area contributed by atoms with Crippen molar-refractivity contribution >= 4 is 17.9 Å². The zero-order valence-corrected chi connectivity index (χ0v) is 10.1. The van der Waals surface area contributed by atoms with Crippen LogP contribution in [0.4, 0.5) is 4.79 Å². The molecule has 0 unspecified atom stereocenters. The van der Waals surface area contributed by atoms with Crippen LogP contribution in [0.25, 0.3) is 0 Å². The molecule has 0 radical (unpaired) electrons. The quantitative estimate of drug-likeness (QED) is 0.721. The molecule has 6 heteroatoms. The third-order valence-electron chi connectivity index (χ3n) is 4.00. The number of amides is 3. The van der Waals surface area contributed by atoms with Gasteiger partial charge in [0, 0.05) is 31.5 Å². The van der Waals surface area contributed by atoms with Gasteiger partial charge in [-0.15, -0.1) is 0 Å². The van der Waals surface area contributed by atoms with Crippen LogP contribution in [-0.2, 0) is 14.3 Å². The first kappa shape index (κ1) is 11.5. The summed E-state index contributed by atoms with van der Waals surface area (Å²) in [7, 11) is 0. The summed E-state index contributed by atoms with van der Waals surface area (Å²) in [5.74, 6) is 0.407. The molecule has 3 fully saturated rings. The van der Waals surface area contributed by atoms with Gasteiger partial charge in [-0.05, 0) is 12.8 Å². The SMILES string of the molecule is O=C(C1CCC1)N1CC(CN2C(=O)COC2=O)C1. The molecular formula is C12H16N2O4. The molecule has 0 aromatic rings. The minimum Gasteiger partial charge on any atom is -0.439 e. The van der Waals surface area contributed by atoms with E-state index in [0.29, 0.717) is 19.6 Å². The number of hydrogen-bond donors (Lipinski definition) is 0. The number of ether oxygens (including phenoxy) is 1. The minimum absolute atomic E-state index is 0.143. The first-order chi connectivity index (χ1) is 8.65. The Morgan fingerprint density at radius 3 is 2.50 bits per heavy atom. The first-order valence-electron chi connectivity index (χ1n) is 6.41. The van der Waals surface area contributed by atoms with E-state index in [9.17, 15) is 14.4 Å². The summed E-state index contributed by atoms with van der Waals surface area (Å²) in [6, 6.07) is 0. The van der Waals surface area contributed by atoms with Crippen LogP contribution in [0.1, 0.15) is 19.3 Å². The second-order valence-corrected chi connectivity index (χ2v) is 5.30. The Hall–Kier alpha value is -1.59. The molecule has 0 N–H and O–H groups in total. The van der Waals surface area contributed by atoms with Crippen molar-refractivity contribution < 1.29 is 19.1 Å². The van der Waals surface area contributed by atoms with E-state index in [4.69, 9.17) is 0 Å². The smallest absolute Gasteiger partial charge is 0.417 e. The number of carbonyl (C=O) groups excluding carboxylic acids is 3. The van der Waals surface area contributed by atoms with E-state index < -0.39 is 6.09 Å². The van der Waals surface area contributed by atoms with Crippen molar-refractivity contribution in [1.29, 1.82) is 0 Å². The fourth-order valence-corrected chi connectivity index (χ4v) is 2.59. The molecule has 2 saturated heterocycles. The molecule has 2 heterocycles. The molecule has 0 atom stereocenters. The van der Waals surface area contributed by atoms with E-state index in [0.717, 1.165) is 24.2 Å². The van der Waals surface area contributed by atoms with Gasteiger partial charge in [0.15, 0.2) is 6.61 Å². The number of rotatable bonds is 3. The minimum atomic E-state index is -0.552. The molecule has 1 aliphatic carbocycles. The van der Waals surface area contributed by atoms with Crippen LogP contribution in [0.2, 0.25) is 0 Å². The predicted octanol–water partition coefficient (Wildman–Crippen LogP) is 0.224. The highest BCUT2D eigenvalue weighted by Gasteiger charge is 2.40. The molecule has 98 valence electrons. The summed E-state index contributed by atoms with van der Waals surface area (Å²) in [4.78, 5) is 37.4.